The number of fused-ring (bicyclic) bond motifs is 1. The number of aromatic amines is 1. The summed E-state index contributed by atoms with van der Waals surface area (Å²) in [6, 6.07) is 9.22. The highest BCUT2D eigenvalue weighted by Gasteiger charge is 2.33. The summed E-state index contributed by atoms with van der Waals surface area (Å²) < 4.78 is 5.61. The van der Waals surface area contributed by atoms with Gasteiger partial charge < -0.3 is 19.7 Å². The van der Waals surface area contributed by atoms with Gasteiger partial charge in [-0.3, -0.25) is 4.79 Å². The number of ether oxygens (including phenoxy) is 1. The summed E-state index contributed by atoms with van der Waals surface area (Å²) in [7, 11) is 0. The normalized spacial score (nSPS) is 19.7. The van der Waals surface area contributed by atoms with Crippen molar-refractivity contribution in [3.8, 4) is 17.0 Å². The maximum absolute atomic E-state index is 12.1. The third-order valence-corrected chi connectivity index (χ3v) is 6.52. The van der Waals surface area contributed by atoms with Gasteiger partial charge in [-0.15, -0.1) is 10.2 Å². The minimum absolute atomic E-state index is 0.0205. The first kappa shape index (κ1) is 19.8. The van der Waals surface area contributed by atoms with Crippen molar-refractivity contribution in [1.82, 2.24) is 20.1 Å². The van der Waals surface area contributed by atoms with Crippen LogP contribution in [0.4, 0.5) is 0 Å². The Morgan fingerprint density at radius 1 is 1.19 bits per heavy atom. The van der Waals surface area contributed by atoms with E-state index in [2.05, 4.69) is 21.8 Å². The number of H-pyrrole nitrogens is 1. The fourth-order valence-corrected chi connectivity index (χ4v) is 4.92. The van der Waals surface area contributed by atoms with E-state index in [0.717, 1.165) is 55.7 Å². The number of nitrogens with one attached hydrogen (secondary N) is 1. The Hall–Kier alpha value is -3.19. The van der Waals surface area contributed by atoms with Crippen LogP contribution in [0.1, 0.15) is 42.4 Å². The molecule has 0 bridgehead atoms. The molecule has 2 fully saturated rings. The molecule has 0 spiro atoms. The van der Waals surface area contributed by atoms with Gasteiger partial charge in [-0.2, -0.15) is 0 Å². The average molecular weight is 418 g/mol. The van der Waals surface area contributed by atoms with E-state index in [1.54, 1.807) is 12.1 Å². The second-order valence-electron chi connectivity index (χ2n) is 8.32. The fraction of sp³-hybridized carbons (Fsp3) is 0.375. The van der Waals surface area contributed by atoms with Crippen LogP contribution in [0.5, 0.6) is 5.75 Å². The van der Waals surface area contributed by atoms with Gasteiger partial charge in [0.15, 0.2) is 5.65 Å². The molecule has 7 nitrogen and oxygen atoms in total. The molecule has 2 aliphatic heterocycles. The van der Waals surface area contributed by atoms with Crippen LogP contribution in [0.25, 0.3) is 22.3 Å². The number of phenolic OH excluding ortho intramolecular Hbond substituents is 1. The summed E-state index contributed by atoms with van der Waals surface area (Å²) in [4.78, 5) is 17.5. The van der Waals surface area contributed by atoms with Crippen LogP contribution in [-0.2, 0) is 9.53 Å². The van der Waals surface area contributed by atoms with Gasteiger partial charge in [0, 0.05) is 48.9 Å². The van der Waals surface area contributed by atoms with Crippen molar-refractivity contribution in [2.24, 2.45) is 0 Å². The topological polar surface area (TPSA) is 91.3 Å². The number of aromatic nitrogens is 3. The van der Waals surface area contributed by atoms with Gasteiger partial charge >= 0.3 is 0 Å². The van der Waals surface area contributed by atoms with Crippen LogP contribution in [0, 0.1) is 0 Å². The first-order valence-corrected chi connectivity index (χ1v) is 10.8. The highest BCUT2D eigenvalue weighted by Crippen LogP contribution is 2.41. The highest BCUT2D eigenvalue weighted by molar-refractivity contribution is 5.88. The van der Waals surface area contributed by atoms with Gasteiger partial charge in [-0.1, -0.05) is 18.7 Å². The maximum atomic E-state index is 12.1. The van der Waals surface area contributed by atoms with Gasteiger partial charge in [0.05, 0.1) is 5.69 Å². The molecule has 2 saturated heterocycles. The number of hydrogen-bond donors (Lipinski definition) is 2. The number of hydrogen-bond acceptors (Lipinski definition) is 5. The molecule has 4 heterocycles. The van der Waals surface area contributed by atoms with E-state index in [-0.39, 0.29) is 17.6 Å². The SMILES string of the molecule is C=CC(=O)N1CC[C@H](c2[nH]c3nnc(-c4ccccc4O)cc3c2C2CCOCC2)C1. The molecule has 1 amide bonds. The fourth-order valence-electron chi connectivity index (χ4n) is 4.92. The van der Waals surface area contributed by atoms with Gasteiger partial charge in [0.25, 0.3) is 0 Å². The van der Waals surface area contributed by atoms with Crippen LogP contribution in [0.2, 0.25) is 0 Å². The number of benzene rings is 1. The van der Waals surface area contributed by atoms with Crippen molar-refractivity contribution in [3.05, 3.63) is 54.2 Å². The summed E-state index contributed by atoms with van der Waals surface area (Å²) in [5.74, 6) is 0.759. The zero-order chi connectivity index (χ0) is 21.4. The van der Waals surface area contributed by atoms with Crippen molar-refractivity contribution in [2.45, 2.75) is 31.1 Å². The van der Waals surface area contributed by atoms with E-state index in [4.69, 9.17) is 4.74 Å². The molecule has 160 valence electrons. The second kappa shape index (κ2) is 8.15. The van der Waals surface area contributed by atoms with Gasteiger partial charge in [0.1, 0.15) is 5.75 Å². The number of rotatable bonds is 4. The molecule has 5 rings (SSSR count). The molecule has 0 saturated carbocycles. The molecule has 2 aromatic heterocycles. The predicted octanol–water partition coefficient (Wildman–Crippen LogP) is 3.73. The van der Waals surface area contributed by atoms with E-state index in [9.17, 15) is 9.90 Å². The van der Waals surface area contributed by atoms with Crippen molar-refractivity contribution in [1.29, 1.82) is 0 Å². The number of carbonyl (C=O) groups is 1. The Morgan fingerprint density at radius 3 is 2.77 bits per heavy atom. The lowest BCUT2D eigenvalue weighted by molar-refractivity contribution is -0.125. The van der Waals surface area contributed by atoms with Gasteiger partial charge in [0.2, 0.25) is 5.91 Å². The summed E-state index contributed by atoms with van der Waals surface area (Å²) in [6.07, 6.45) is 4.20. The number of phenols is 1. The third kappa shape index (κ3) is 3.59. The van der Waals surface area contributed by atoms with Crippen LogP contribution >= 0.6 is 0 Å². The molecule has 7 heteroatoms. The van der Waals surface area contributed by atoms with Crippen LogP contribution in [0.15, 0.2) is 43.0 Å². The molecule has 31 heavy (non-hydrogen) atoms. The number of carbonyl (C=O) groups excluding carboxylic acids is 1. The number of nitrogens with zero attached hydrogens (tertiary/aromatic N) is 3. The van der Waals surface area contributed by atoms with Crippen molar-refractivity contribution in [3.63, 3.8) is 0 Å². The predicted molar refractivity (Wildman–Crippen MR) is 118 cm³/mol. The monoisotopic (exact) mass is 418 g/mol. The Morgan fingerprint density at radius 2 is 2.00 bits per heavy atom. The molecular weight excluding hydrogens is 392 g/mol. The molecule has 0 aliphatic carbocycles. The van der Waals surface area contributed by atoms with Crippen LogP contribution in [-0.4, -0.2) is 57.4 Å². The molecule has 0 radical (unpaired) electrons. The second-order valence-corrected chi connectivity index (χ2v) is 8.32. The Balaban J connectivity index is 1.61. The lowest BCUT2D eigenvalue weighted by atomic mass is 9.86. The molecule has 1 atom stereocenters. The summed E-state index contributed by atoms with van der Waals surface area (Å²) >= 11 is 0. The van der Waals surface area contributed by atoms with Gasteiger partial charge in [-0.05, 0) is 55.0 Å². The molecule has 1 aromatic carbocycles. The zero-order valence-electron chi connectivity index (χ0n) is 17.4. The van der Waals surface area contributed by atoms with E-state index in [1.165, 1.54) is 11.6 Å². The molecule has 2 aliphatic rings. The molecule has 3 aromatic rings. The molecular formula is C24H26N4O3. The third-order valence-electron chi connectivity index (χ3n) is 6.52. The Kier molecular flexibility index (Phi) is 5.19. The summed E-state index contributed by atoms with van der Waals surface area (Å²) in [5, 5.41) is 20.2. The zero-order valence-corrected chi connectivity index (χ0v) is 17.4. The maximum Gasteiger partial charge on any atom is 0.245 e. The first-order valence-electron chi connectivity index (χ1n) is 10.8. The largest absolute Gasteiger partial charge is 0.507 e. The summed E-state index contributed by atoms with van der Waals surface area (Å²) in [6.45, 7) is 6.51. The van der Waals surface area contributed by atoms with Gasteiger partial charge in [-0.25, -0.2) is 0 Å². The lowest BCUT2D eigenvalue weighted by Gasteiger charge is -2.24. The number of amides is 1. The Bertz CT molecular complexity index is 1130. The van der Waals surface area contributed by atoms with Crippen molar-refractivity contribution >= 4 is 16.9 Å². The molecule has 0 unspecified atom stereocenters. The van der Waals surface area contributed by atoms with Crippen LogP contribution < -0.4 is 0 Å². The quantitative estimate of drug-likeness (QED) is 0.630. The van der Waals surface area contributed by atoms with E-state index < -0.39 is 0 Å². The smallest absolute Gasteiger partial charge is 0.245 e. The van der Waals surface area contributed by atoms with E-state index in [1.807, 2.05) is 23.1 Å². The number of likely N-dealkylation sites (tertiary alicyclic amines) is 1. The Labute approximate surface area is 180 Å². The number of para-hydroxylation sites is 1. The van der Waals surface area contributed by atoms with Crippen molar-refractivity contribution in [2.75, 3.05) is 26.3 Å². The first-order chi connectivity index (χ1) is 15.2. The van der Waals surface area contributed by atoms with Crippen molar-refractivity contribution < 1.29 is 14.6 Å². The van der Waals surface area contributed by atoms with Crippen LogP contribution in [0.3, 0.4) is 0 Å². The summed E-state index contributed by atoms with van der Waals surface area (Å²) in [5.41, 5.74) is 4.50. The lowest BCUT2D eigenvalue weighted by Crippen LogP contribution is -2.26. The minimum Gasteiger partial charge on any atom is -0.507 e. The highest BCUT2D eigenvalue weighted by atomic mass is 16.5. The minimum atomic E-state index is -0.0205. The average Bonchev–Trinajstić information content (AvgIpc) is 3.44. The number of aromatic hydroxyl groups is 1. The van der Waals surface area contributed by atoms with E-state index >= 15 is 0 Å². The standard InChI is InChI=1S/C24H26N4O3/c1-2-21(30)28-10-7-16(14-28)23-22(15-8-11-31-12-9-15)18-13-19(26-27-24(18)25-23)17-5-3-4-6-20(17)29/h2-6,13,15-16,29H,1,7-12,14H2,(H,25,27)/t16-/m0/s1. The van der Waals surface area contributed by atoms with E-state index in [0.29, 0.717) is 23.7 Å². The molecule has 2 N–H and O–H groups in total.